The van der Waals surface area contributed by atoms with Crippen molar-refractivity contribution in [2.24, 2.45) is 0 Å². The second-order valence-corrected chi connectivity index (χ2v) is 8.04. The normalized spacial score (nSPS) is 13.1. The Kier molecular flexibility index (Phi) is 6.28. The van der Waals surface area contributed by atoms with Crippen molar-refractivity contribution < 1.29 is 18.8 Å². The summed E-state index contributed by atoms with van der Waals surface area (Å²) in [7, 11) is 0. The molecule has 3 amide bonds. The van der Waals surface area contributed by atoms with Gasteiger partial charge in [-0.1, -0.05) is 17.7 Å². The third-order valence-electron chi connectivity index (χ3n) is 5.35. The number of likely N-dealkylation sites (tertiary alicyclic amines) is 1. The van der Waals surface area contributed by atoms with Crippen LogP contribution >= 0.6 is 11.6 Å². The van der Waals surface area contributed by atoms with Gasteiger partial charge in [0, 0.05) is 29.4 Å². The van der Waals surface area contributed by atoms with Gasteiger partial charge in [-0.3, -0.25) is 14.4 Å². The average molecular weight is 452 g/mol. The molecule has 1 fully saturated rings. The molecule has 2 aromatic carbocycles. The highest BCUT2D eigenvalue weighted by Gasteiger charge is 2.23. The maximum Gasteiger partial charge on any atom is 0.291 e. The fraction of sp³-hybridized carbons (Fsp3) is 0.208. The minimum absolute atomic E-state index is 0.134. The van der Waals surface area contributed by atoms with Gasteiger partial charge in [0.15, 0.2) is 5.76 Å². The molecule has 0 spiro atoms. The Morgan fingerprint density at radius 1 is 0.938 bits per heavy atom. The molecule has 1 saturated heterocycles. The molecule has 0 aliphatic carbocycles. The first-order chi connectivity index (χ1) is 15.4. The Bertz CT molecular complexity index is 1170. The highest BCUT2D eigenvalue weighted by atomic mass is 35.5. The van der Waals surface area contributed by atoms with Crippen molar-refractivity contribution in [2.75, 3.05) is 23.7 Å². The number of furan rings is 1. The zero-order chi connectivity index (χ0) is 22.7. The molecule has 0 bridgehead atoms. The van der Waals surface area contributed by atoms with Gasteiger partial charge < -0.3 is 20.0 Å². The number of hydrogen-bond donors (Lipinski definition) is 2. The molecular formula is C24H22ClN3O4. The van der Waals surface area contributed by atoms with E-state index in [1.54, 1.807) is 53.4 Å². The first-order valence-corrected chi connectivity index (χ1v) is 10.7. The van der Waals surface area contributed by atoms with Crippen molar-refractivity contribution in [1.29, 1.82) is 0 Å². The first kappa shape index (κ1) is 21.6. The summed E-state index contributed by atoms with van der Waals surface area (Å²) in [6.45, 7) is 3.22. The predicted octanol–water partition coefficient (Wildman–Crippen LogP) is 4.98. The van der Waals surface area contributed by atoms with E-state index in [1.807, 2.05) is 6.92 Å². The van der Waals surface area contributed by atoms with E-state index in [2.05, 4.69) is 10.6 Å². The lowest BCUT2D eigenvalue weighted by Gasteiger charge is -2.18. The van der Waals surface area contributed by atoms with Crippen LogP contribution in [0.5, 0.6) is 0 Å². The Morgan fingerprint density at radius 3 is 2.41 bits per heavy atom. The molecule has 1 aromatic heterocycles. The fourth-order valence-electron chi connectivity index (χ4n) is 3.58. The first-order valence-electron chi connectivity index (χ1n) is 10.3. The fourth-order valence-corrected chi connectivity index (χ4v) is 3.75. The number of halogens is 1. The van der Waals surface area contributed by atoms with Crippen molar-refractivity contribution in [3.05, 3.63) is 82.3 Å². The number of rotatable bonds is 5. The topological polar surface area (TPSA) is 91.7 Å². The Morgan fingerprint density at radius 2 is 1.69 bits per heavy atom. The summed E-state index contributed by atoms with van der Waals surface area (Å²) in [5.41, 5.74) is 2.33. The Labute approximate surface area is 190 Å². The molecule has 2 N–H and O–H groups in total. The zero-order valence-electron chi connectivity index (χ0n) is 17.5. The van der Waals surface area contributed by atoms with Gasteiger partial charge in [-0.25, -0.2) is 0 Å². The number of anilines is 2. The molecule has 7 nitrogen and oxygen atoms in total. The van der Waals surface area contributed by atoms with Gasteiger partial charge in [0.2, 0.25) is 0 Å². The highest BCUT2D eigenvalue weighted by Crippen LogP contribution is 2.26. The second-order valence-electron chi connectivity index (χ2n) is 7.60. The van der Waals surface area contributed by atoms with Gasteiger partial charge in [0.1, 0.15) is 0 Å². The van der Waals surface area contributed by atoms with Crippen molar-refractivity contribution in [3.8, 4) is 0 Å². The molecule has 8 heteroatoms. The summed E-state index contributed by atoms with van der Waals surface area (Å²) < 4.78 is 5.11. The second kappa shape index (κ2) is 9.28. The third-order valence-corrected chi connectivity index (χ3v) is 5.58. The van der Waals surface area contributed by atoms with E-state index in [0.717, 1.165) is 18.4 Å². The van der Waals surface area contributed by atoms with Gasteiger partial charge in [-0.05, 0) is 67.8 Å². The maximum atomic E-state index is 13.0. The standard InChI is InChI=1S/C24H22ClN3O4/c1-15-6-7-16(13-19(15)26-23(30)21-5-4-12-32-21)22(29)27-20-14-17(25)8-9-18(20)24(31)28-10-2-3-11-28/h4-9,12-14H,2-3,10-11H2,1H3,(H,26,30)(H,27,29). The third kappa shape index (κ3) is 4.68. The van der Waals surface area contributed by atoms with Crippen molar-refractivity contribution in [3.63, 3.8) is 0 Å². The smallest absolute Gasteiger partial charge is 0.291 e. The lowest BCUT2D eigenvalue weighted by molar-refractivity contribution is 0.0793. The number of nitrogens with zero attached hydrogens (tertiary/aromatic N) is 1. The van der Waals surface area contributed by atoms with E-state index in [9.17, 15) is 14.4 Å². The largest absolute Gasteiger partial charge is 0.459 e. The number of amides is 3. The summed E-state index contributed by atoms with van der Waals surface area (Å²) in [4.78, 5) is 40.0. The van der Waals surface area contributed by atoms with E-state index in [4.69, 9.17) is 16.0 Å². The van der Waals surface area contributed by atoms with Crippen LogP contribution in [0.4, 0.5) is 11.4 Å². The average Bonchev–Trinajstić information content (AvgIpc) is 3.49. The van der Waals surface area contributed by atoms with E-state index in [0.29, 0.717) is 40.6 Å². The molecule has 4 rings (SSSR count). The highest BCUT2D eigenvalue weighted by molar-refractivity contribution is 6.31. The van der Waals surface area contributed by atoms with Crippen molar-refractivity contribution >= 4 is 40.7 Å². The van der Waals surface area contributed by atoms with Crippen LogP contribution in [0.15, 0.2) is 59.2 Å². The molecule has 3 aromatic rings. The number of aryl methyl sites for hydroxylation is 1. The van der Waals surface area contributed by atoms with Crippen LogP contribution in [0.1, 0.15) is 49.7 Å². The van der Waals surface area contributed by atoms with Gasteiger partial charge in [-0.2, -0.15) is 0 Å². The van der Waals surface area contributed by atoms with E-state index < -0.39 is 11.8 Å². The Balaban J connectivity index is 1.56. The number of nitrogens with one attached hydrogen (secondary N) is 2. The summed E-state index contributed by atoms with van der Waals surface area (Å²) in [6, 6.07) is 13.0. The van der Waals surface area contributed by atoms with E-state index >= 15 is 0 Å². The van der Waals surface area contributed by atoms with Crippen LogP contribution in [0.3, 0.4) is 0 Å². The number of carbonyl (C=O) groups excluding carboxylic acids is 3. The molecule has 164 valence electrons. The van der Waals surface area contributed by atoms with Crippen molar-refractivity contribution in [1.82, 2.24) is 4.90 Å². The summed E-state index contributed by atoms with van der Waals surface area (Å²) >= 11 is 6.13. The van der Waals surface area contributed by atoms with Gasteiger partial charge >= 0.3 is 0 Å². The molecule has 0 radical (unpaired) electrons. The molecule has 0 saturated carbocycles. The molecule has 0 atom stereocenters. The molecule has 32 heavy (non-hydrogen) atoms. The number of benzene rings is 2. The summed E-state index contributed by atoms with van der Waals surface area (Å²) in [6.07, 6.45) is 3.35. The molecular weight excluding hydrogens is 430 g/mol. The Hall–Kier alpha value is -3.58. The molecule has 1 aliphatic rings. The minimum Gasteiger partial charge on any atom is -0.459 e. The number of carbonyl (C=O) groups is 3. The minimum atomic E-state index is -0.420. The van der Waals surface area contributed by atoms with E-state index in [1.165, 1.54) is 6.26 Å². The summed E-state index contributed by atoms with van der Waals surface area (Å²) in [5.74, 6) is -0.798. The monoisotopic (exact) mass is 451 g/mol. The van der Waals surface area contributed by atoms with Gasteiger partial charge in [0.25, 0.3) is 17.7 Å². The summed E-state index contributed by atoms with van der Waals surface area (Å²) in [5, 5.41) is 5.96. The van der Waals surface area contributed by atoms with Crippen LogP contribution < -0.4 is 10.6 Å². The van der Waals surface area contributed by atoms with Crippen LogP contribution in [-0.2, 0) is 0 Å². The van der Waals surface area contributed by atoms with Gasteiger partial charge in [-0.15, -0.1) is 0 Å². The van der Waals surface area contributed by atoms with Crippen LogP contribution in [0, 0.1) is 6.92 Å². The molecule has 1 aliphatic heterocycles. The predicted molar refractivity (Wildman–Crippen MR) is 122 cm³/mol. The van der Waals surface area contributed by atoms with Crippen LogP contribution in [0.2, 0.25) is 5.02 Å². The van der Waals surface area contributed by atoms with E-state index in [-0.39, 0.29) is 11.7 Å². The van der Waals surface area contributed by atoms with Crippen LogP contribution in [0.25, 0.3) is 0 Å². The maximum absolute atomic E-state index is 13.0. The zero-order valence-corrected chi connectivity index (χ0v) is 18.2. The lowest BCUT2D eigenvalue weighted by atomic mass is 10.1. The molecule has 0 unspecified atom stereocenters. The lowest BCUT2D eigenvalue weighted by Crippen LogP contribution is -2.28. The SMILES string of the molecule is Cc1ccc(C(=O)Nc2cc(Cl)ccc2C(=O)N2CCCC2)cc1NC(=O)c1ccco1. The van der Waals surface area contributed by atoms with Crippen molar-refractivity contribution in [2.45, 2.75) is 19.8 Å². The van der Waals surface area contributed by atoms with Gasteiger partial charge in [0.05, 0.1) is 17.5 Å². The van der Waals surface area contributed by atoms with Crippen LogP contribution in [-0.4, -0.2) is 35.7 Å². The quantitative estimate of drug-likeness (QED) is 0.572. The number of hydrogen-bond acceptors (Lipinski definition) is 4. The molecule has 2 heterocycles.